The van der Waals surface area contributed by atoms with Gasteiger partial charge in [0.05, 0.1) is 6.61 Å². The van der Waals surface area contributed by atoms with Crippen LogP contribution in [-0.4, -0.2) is 30.6 Å². The van der Waals surface area contributed by atoms with E-state index in [1.165, 1.54) is 0 Å². The zero-order chi connectivity index (χ0) is 15.7. The second kappa shape index (κ2) is 8.83. The van der Waals surface area contributed by atoms with Crippen LogP contribution in [0.15, 0.2) is 30.3 Å². The molecule has 1 aromatic carbocycles. The lowest BCUT2D eigenvalue weighted by atomic mass is 9.83. The lowest BCUT2D eigenvalue weighted by Gasteiger charge is -2.41. The smallest absolute Gasteiger partial charge is 0.331 e. The van der Waals surface area contributed by atoms with Crippen molar-refractivity contribution in [3.63, 3.8) is 0 Å². The molecule has 21 heavy (non-hydrogen) atoms. The largest absolute Gasteiger partial charge is 0.464 e. The summed E-state index contributed by atoms with van der Waals surface area (Å²) in [4.78, 5) is 15.1. The van der Waals surface area contributed by atoms with Crippen molar-refractivity contribution in [2.75, 3.05) is 19.7 Å². The number of likely N-dealkylation sites (N-methyl/N-ethyl adjacent to an activating group) is 1. The van der Waals surface area contributed by atoms with E-state index in [0.717, 1.165) is 37.9 Å². The molecule has 0 heterocycles. The van der Waals surface area contributed by atoms with Crippen molar-refractivity contribution < 1.29 is 9.53 Å². The highest BCUT2D eigenvalue weighted by atomic mass is 16.5. The van der Waals surface area contributed by atoms with Gasteiger partial charge in [-0.2, -0.15) is 0 Å². The Balaban J connectivity index is 3.35. The lowest BCUT2D eigenvalue weighted by Crippen LogP contribution is -2.52. The zero-order valence-electron chi connectivity index (χ0n) is 13.9. The molecule has 0 fully saturated rings. The molecule has 0 aliphatic carbocycles. The summed E-state index contributed by atoms with van der Waals surface area (Å²) in [5.41, 5.74) is 0.386. The van der Waals surface area contributed by atoms with Crippen molar-refractivity contribution in [3.8, 4) is 0 Å². The number of hydrogen-bond donors (Lipinski definition) is 0. The molecule has 0 aliphatic rings. The standard InChI is InChI=1S/C18H29NO2/c1-5-9-15-18(17(20)21-8-4,19(6-2)7-3)16-13-11-10-12-14-16/h10-14H,5-9,15H2,1-4H3. The van der Waals surface area contributed by atoms with E-state index in [1.54, 1.807) is 0 Å². The summed E-state index contributed by atoms with van der Waals surface area (Å²) in [5, 5.41) is 0. The van der Waals surface area contributed by atoms with E-state index in [9.17, 15) is 4.79 Å². The van der Waals surface area contributed by atoms with Gasteiger partial charge in [0.25, 0.3) is 0 Å². The van der Waals surface area contributed by atoms with Crippen molar-refractivity contribution in [2.24, 2.45) is 0 Å². The second-order valence-electron chi connectivity index (χ2n) is 5.22. The second-order valence-corrected chi connectivity index (χ2v) is 5.22. The molecule has 0 N–H and O–H groups in total. The number of esters is 1. The predicted octanol–water partition coefficient (Wildman–Crippen LogP) is 3.98. The molecule has 0 amide bonds. The first-order valence-corrected chi connectivity index (χ1v) is 8.15. The van der Waals surface area contributed by atoms with Crippen LogP contribution in [-0.2, 0) is 15.1 Å². The maximum atomic E-state index is 12.9. The van der Waals surface area contributed by atoms with Crippen LogP contribution >= 0.6 is 0 Å². The minimum Gasteiger partial charge on any atom is -0.464 e. The SMILES string of the molecule is CCCCC(C(=O)OCC)(c1ccccc1)N(CC)CC. The van der Waals surface area contributed by atoms with Gasteiger partial charge in [-0.25, -0.2) is 4.79 Å². The lowest BCUT2D eigenvalue weighted by molar-refractivity contribution is -0.160. The third-order valence-electron chi connectivity index (χ3n) is 4.06. The summed E-state index contributed by atoms with van der Waals surface area (Å²) in [5.74, 6) is -0.117. The molecule has 0 aromatic heterocycles. The summed E-state index contributed by atoms with van der Waals surface area (Å²) in [7, 11) is 0. The van der Waals surface area contributed by atoms with Gasteiger partial charge in [0.1, 0.15) is 5.54 Å². The summed E-state index contributed by atoms with van der Waals surface area (Å²) < 4.78 is 5.46. The number of carbonyl (C=O) groups excluding carboxylic acids is 1. The Bertz CT molecular complexity index is 414. The van der Waals surface area contributed by atoms with Crippen molar-refractivity contribution in [2.45, 2.75) is 52.5 Å². The third kappa shape index (κ3) is 3.85. The Kier molecular flexibility index (Phi) is 7.44. The number of carbonyl (C=O) groups is 1. The Morgan fingerprint density at radius 1 is 1.10 bits per heavy atom. The molecule has 1 unspecified atom stereocenters. The summed E-state index contributed by atoms with van der Waals surface area (Å²) in [6, 6.07) is 10.1. The molecule has 3 nitrogen and oxygen atoms in total. The average molecular weight is 291 g/mol. The highest BCUT2D eigenvalue weighted by molar-refractivity contribution is 5.82. The number of unbranched alkanes of at least 4 members (excludes halogenated alkanes) is 1. The van der Waals surface area contributed by atoms with E-state index in [2.05, 4.69) is 25.7 Å². The Labute approximate surface area is 129 Å². The van der Waals surface area contributed by atoms with Crippen LogP contribution in [0.3, 0.4) is 0 Å². The normalized spacial score (nSPS) is 14.0. The fourth-order valence-electron chi connectivity index (χ4n) is 2.99. The molecule has 0 saturated carbocycles. The van der Waals surface area contributed by atoms with Crippen LogP contribution in [0.5, 0.6) is 0 Å². The first-order chi connectivity index (χ1) is 10.2. The van der Waals surface area contributed by atoms with Crippen molar-refractivity contribution >= 4 is 5.97 Å². The first kappa shape index (κ1) is 17.7. The minimum absolute atomic E-state index is 0.117. The van der Waals surface area contributed by atoms with Gasteiger partial charge in [-0.15, -0.1) is 0 Å². The average Bonchev–Trinajstić information content (AvgIpc) is 2.52. The van der Waals surface area contributed by atoms with Gasteiger partial charge in [-0.3, -0.25) is 4.90 Å². The number of nitrogens with zero attached hydrogens (tertiary/aromatic N) is 1. The Morgan fingerprint density at radius 3 is 2.19 bits per heavy atom. The van der Waals surface area contributed by atoms with Gasteiger partial charge in [0, 0.05) is 0 Å². The van der Waals surface area contributed by atoms with Gasteiger partial charge in [0.2, 0.25) is 0 Å². The molecule has 1 rings (SSSR count). The number of rotatable bonds is 9. The molecule has 0 saturated heterocycles. The molecule has 1 aromatic rings. The highest BCUT2D eigenvalue weighted by Gasteiger charge is 2.45. The Hall–Kier alpha value is -1.35. The topological polar surface area (TPSA) is 29.5 Å². The van der Waals surface area contributed by atoms with Gasteiger partial charge in [-0.05, 0) is 32.0 Å². The van der Waals surface area contributed by atoms with E-state index in [1.807, 2.05) is 37.3 Å². The van der Waals surface area contributed by atoms with Crippen LogP contribution in [0.1, 0.15) is 52.5 Å². The molecule has 0 radical (unpaired) electrons. The van der Waals surface area contributed by atoms with Crippen LogP contribution in [0, 0.1) is 0 Å². The quantitative estimate of drug-likeness (QED) is 0.645. The molecule has 0 spiro atoms. The predicted molar refractivity (Wildman–Crippen MR) is 87.2 cm³/mol. The molecular formula is C18H29NO2. The van der Waals surface area contributed by atoms with Gasteiger partial charge < -0.3 is 4.74 Å². The fraction of sp³-hybridized carbons (Fsp3) is 0.611. The van der Waals surface area contributed by atoms with E-state index in [0.29, 0.717) is 6.61 Å². The number of hydrogen-bond acceptors (Lipinski definition) is 3. The van der Waals surface area contributed by atoms with Gasteiger partial charge in [0.15, 0.2) is 0 Å². The van der Waals surface area contributed by atoms with E-state index in [4.69, 9.17) is 4.74 Å². The minimum atomic E-state index is -0.656. The molecular weight excluding hydrogens is 262 g/mol. The third-order valence-corrected chi connectivity index (χ3v) is 4.06. The number of ether oxygens (including phenoxy) is 1. The van der Waals surface area contributed by atoms with Crippen molar-refractivity contribution in [1.29, 1.82) is 0 Å². The molecule has 118 valence electrons. The van der Waals surface area contributed by atoms with E-state index in [-0.39, 0.29) is 5.97 Å². The molecule has 3 heteroatoms. The number of benzene rings is 1. The summed E-state index contributed by atoms with van der Waals surface area (Å²) in [6.07, 6.45) is 2.87. The van der Waals surface area contributed by atoms with Crippen molar-refractivity contribution in [3.05, 3.63) is 35.9 Å². The van der Waals surface area contributed by atoms with Crippen LogP contribution in [0.25, 0.3) is 0 Å². The Morgan fingerprint density at radius 2 is 1.71 bits per heavy atom. The maximum absolute atomic E-state index is 12.9. The first-order valence-electron chi connectivity index (χ1n) is 8.15. The van der Waals surface area contributed by atoms with Crippen LogP contribution < -0.4 is 0 Å². The van der Waals surface area contributed by atoms with Crippen LogP contribution in [0.2, 0.25) is 0 Å². The maximum Gasteiger partial charge on any atom is 0.331 e. The van der Waals surface area contributed by atoms with Gasteiger partial charge >= 0.3 is 5.97 Å². The van der Waals surface area contributed by atoms with E-state index >= 15 is 0 Å². The molecule has 0 bridgehead atoms. The van der Waals surface area contributed by atoms with Crippen molar-refractivity contribution in [1.82, 2.24) is 4.90 Å². The molecule has 1 atom stereocenters. The van der Waals surface area contributed by atoms with E-state index < -0.39 is 5.54 Å². The molecule has 0 aliphatic heterocycles. The van der Waals surface area contributed by atoms with Crippen LogP contribution in [0.4, 0.5) is 0 Å². The summed E-state index contributed by atoms with van der Waals surface area (Å²) in [6.45, 7) is 10.3. The zero-order valence-corrected chi connectivity index (χ0v) is 13.9. The fourth-order valence-corrected chi connectivity index (χ4v) is 2.99. The highest BCUT2D eigenvalue weighted by Crippen LogP contribution is 2.35. The monoisotopic (exact) mass is 291 g/mol. The summed E-state index contributed by atoms with van der Waals surface area (Å²) >= 11 is 0. The van der Waals surface area contributed by atoms with Gasteiger partial charge in [-0.1, -0.05) is 63.9 Å².